The molecule has 0 spiro atoms. The minimum Gasteiger partial charge on any atom is -0.394 e. The van der Waals surface area contributed by atoms with Crippen molar-refractivity contribution in [3.63, 3.8) is 0 Å². The third kappa shape index (κ3) is 4.40. The Morgan fingerprint density at radius 1 is 1.52 bits per heavy atom. The molecule has 21 heavy (non-hydrogen) atoms. The standard InChI is InChI=1S/C16H27N3O2/c1-4-6-17-13(3)14-5-7-18-16(8-14)19-9-12(2)21-15(10-19)11-20/h5,7-8,12-13,15,17,20H,4,6,9-11H2,1-3H3. The lowest BCUT2D eigenvalue weighted by atomic mass is 10.1. The normalized spacial score (nSPS) is 24.1. The van der Waals surface area contributed by atoms with Crippen LogP contribution in [0.3, 0.4) is 0 Å². The van der Waals surface area contributed by atoms with Crippen molar-refractivity contribution in [3.05, 3.63) is 23.9 Å². The molecule has 1 saturated heterocycles. The molecule has 0 amide bonds. The van der Waals surface area contributed by atoms with E-state index in [1.807, 2.05) is 13.1 Å². The Bertz CT molecular complexity index is 441. The summed E-state index contributed by atoms with van der Waals surface area (Å²) in [7, 11) is 0. The molecule has 2 N–H and O–H groups in total. The fourth-order valence-electron chi connectivity index (χ4n) is 2.69. The number of pyridine rings is 1. The van der Waals surface area contributed by atoms with E-state index in [1.165, 1.54) is 5.56 Å². The summed E-state index contributed by atoms with van der Waals surface area (Å²) in [5.74, 6) is 0.964. The van der Waals surface area contributed by atoms with E-state index in [-0.39, 0.29) is 18.8 Å². The van der Waals surface area contributed by atoms with Gasteiger partial charge in [-0.05, 0) is 44.5 Å². The van der Waals surface area contributed by atoms with E-state index in [9.17, 15) is 5.11 Å². The molecule has 1 aliphatic rings. The highest BCUT2D eigenvalue weighted by molar-refractivity contribution is 5.42. The number of anilines is 1. The van der Waals surface area contributed by atoms with Crippen molar-refractivity contribution in [2.75, 3.05) is 31.1 Å². The first kappa shape index (κ1) is 16.2. The molecule has 1 aliphatic heterocycles. The van der Waals surface area contributed by atoms with Crippen molar-refractivity contribution in [3.8, 4) is 0 Å². The lowest BCUT2D eigenvalue weighted by molar-refractivity contribution is -0.0423. The summed E-state index contributed by atoms with van der Waals surface area (Å²) in [6.45, 7) is 8.94. The van der Waals surface area contributed by atoms with Crippen LogP contribution in [0.1, 0.15) is 38.8 Å². The van der Waals surface area contributed by atoms with Crippen molar-refractivity contribution in [2.45, 2.75) is 45.4 Å². The molecule has 0 bridgehead atoms. The molecule has 0 radical (unpaired) electrons. The number of aliphatic hydroxyl groups excluding tert-OH is 1. The summed E-state index contributed by atoms with van der Waals surface area (Å²) < 4.78 is 5.69. The minimum absolute atomic E-state index is 0.0506. The smallest absolute Gasteiger partial charge is 0.128 e. The Labute approximate surface area is 127 Å². The fraction of sp³-hybridized carbons (Fsp3) is 0.688. The van der Waals surface area contributed by atoms with Gasteiger partial charge in [-0.1, -0.05) is 6.92 Å². The summed E-state index contributed by atoms with van der Waals surface area (Å²) in [5.41, 5.74) is 1.24. The maximum Gasteiger partial charge on any atom is 0.128 e. The van der Waals surface area contributed by atoms with Crippen LogP contribution < -0.4 is 10.2 Å². The van der Waals surface area contributed by atoms with Crippen molar-refractivity contribution in [2.24, 2.45) is 0 Å². The quantitative estimate of drug-likeness (QED) is 0.836. The molecule has 2 rings (SSSR count). The van der Waals surface area contributed by atoms with E-state index >= 15 is 0 Å². The molecule has 1 fully saturated rings. The first-order valence-electron chi connectivity index (χ1n) is 7.84. The highest BCUT2D eigenvalue weighted by Gasteiger charge is 2.25. The first-order chi connectivity index (χ1) is 10.1. The first-order valence-corrected chi connectivity index (χ1v) is 7.84. The molecule has 2 heterocycles. The third-order valence-corrected chi connectivity index (χ3v) is 3.82. The van der Waals surface area contributed by atoms with E-state index in [0.29, 0.717) is 12.6 Å². The van der Waals surface area contributed by atoms with E-state index in [0.717, 1.165) is 25.3 Å². The zero-order valence-electron chi connectivity index (χ0n) is 13.2. The lowest BCUT2D eigenvalue weighted by Crippen LogP contribution is -2.48. The van der Waals surface area contributed by atoms with Gasteiger partial charge in [0.2, 0.25) is 0 Å². The Morgan fingerprint density at radius 3 is 3.05 bits per heavy atom. The van der Waals surface area contributed by atoms with Crippen molar-refractivity contribution in [1.82, 2.24) is 10.3 Å². The average molecular weight is 293 g/mol. The monoisotopic (exact) mass is 293 g/mol. The summed E-state index contributed by atoms with van der Waals surface area (Å²) in [6.07, 6.45) is 2.97. The largest absolute Gasteiger partial charge is 0.394 e. The third-order valence-electron chi connectivity index (χ3n) is 3.82. The van der Waals surface area contributed by atoms with E-state index < -0.39 is 0 Å². The van der Waals surface area contributed by atoms with Crippen LogP contribution in [-0.4, -0.2) is 48.5 Å². The summed E-state index contributed by atoms with van der Waals surface area (Å²) in [6, 6.07) is 4.52. The number of nitrogens with one attached hydrogen (secondary N) is 1. The Kier molecular flexibility index (Phi) is 5.96. The van der Waals surface area contributed by atoms with Crippen LogP contribution >= 0.6 is 0 Å². The van der Waals surface area contributed by atoms with Gasteiger partial charge in [-0.2, -0.15) is 0 Å². The second-order valence-corrected chi connectivity index (χ2v) is 5.78. The second kappa shape index (κ2) is 7.73. The van der Waals surface area contributed by atoms with Crippen LogP contribution in [-0.2, 0) is 4.74 Å². The van der Waals surface area contributed by atoms with Gasteiger partial charge in [-0.3, -0.25) is 0 Å². The highest BCUT2D eigenvalue weighted by atomic mass is 16.5. The summed E-state index contributed by atoms with van der Waals surface area (Å²) >= 11 is 0. The van der Waals surface area contributed by atoms with Gasteiger partial charge in [0, 0.05) is 25.3 Å². The predicted octanol–water partition coefficient (Wildman–Crippen LogP) is 1.73. The predicted molar refractivity (Wildman–Crippen MR) is 84.6 cm³/mol. The number of aliphatic hydroxyl groups is 1. The highest BCUT2D eigenvalue weighted by Crippen LogP contribution is 2.21. The molecule has 0 aromatic carbocycles. The van der Waals surface area contributed by atoms with Crippen molar-refractivity contribution >= 4 is 5.82 Å². The van der Waals surface area contributed by atoms with Gasteiger partial charge in [0.05, 0.1) is 18.8 Å². The molecule has 118 valence electrons. The number of nitrogens with zero attached hydrogens (tertiary/aromatic N) is 2. The van der Waals surface area contributed by atoms with Crippen LogP contribution in [0.25, 0.3) is 0 Å². The molecule has 3 atom stereocenters. The molecule has 5 heteroatoms. The van der Waals surface area contributed by atoms with E-state index in [2.05, 4.69) is 41.2 Å². The van der Waals surface area contributed by atoms with E-state index in [1.54, 1.807) is 0 Å². The lowest BCUT2D eigenvalue weighted by Gasteiger charge is -2.37. The summed E-state index contributed by atoms with van der Waals surface area (Å²) in [4.78, 5) is 6.69. The molecular weight excluding hydrogens is 266 g/mol. The van der Waals surface area contributed by atoms with Crippen LogP contribution in [0.15, 0.2) is 18.3 Å². The Morgan fingerprint density at radius 2 is 2.33 bits per heavy atom. The number of ether oxygens (including phenoxy) is 1. The van der Waals surface area contributed by atoms with Crippen molar-refractivity contribution in [1.29, 1.82) is 0 Å². The number of hydrogen-bond donors (Lipinski definition) is 2. The average Bonchev–Trinajstić information content (AvgIpc) is 2.52. The van der Waals surface area contributed by atoms with Gasteiger partial charge < -0.3 is 20.1 Å². The number of rotatable bonds is 6. The molecule has 0 aliphatic carbocycles. The number of morpholine rings is 1. The van der Waals surface area contributed by atoms with Crippen LogP contribution in [0.5, 0.6) is 0 Å². The summed E-state index contributed by atoms with van der Waals surface area (Å²) in [5, 5.41) is 12.8. The minimum atomic E-state index is -0.130. The Balaban J connectivity index is 2.09. The fourth-order valence-corrected chi connectivity index (χ4v) is 2.69. The topological polar surface area (TPSA) is 57.6 Å². The van der Waals surface area contributed by atoms with Gasteiger partial charge >= 0.3 is 0 Å². The maximum absolute atomic E-state index is 9.33. The maximum atomic E-state index is 9.33. The molecule has 5 nitrogen and oxygen atoms in total. The molecular formula is C16H27N3O2. The number of hydrogen-bond acceptors (Lipinski definition) is 5. The van der Waals surface area contributed by atoms with Gasteiger partial charge in [0.15, 0.2) is 0 Å². The van der Waals surface area contributed by atoms with Crippen molar-refractivity contribution < 1.29 is 9.84 Å². The molecule has 0 saturated carbocycles. The Hall–Kier alpha value is -1.17. The molecule has 1 aromatic rings. The van der Waals surface area contributed by atoms with Gasteiger partial charge in [-0.15, -0.1) is 0 Å². The molecule has 3 unspecified atom stereocenters. The number of aromatic nitrogens is 1. The zero-order valence-corrected chi connectivity index (χ0v) is 13.2. The van der Waals surface area contributed by atoms with Gasteiger partial charge in [-0.25, -0.2) is 4.98 Å². The molecule has 1 aromatic heterocycles. The van der Waals surface area contributed by atoms with Crippen LogP contribution in [0, 0.1) is 0 Å². The van der Waals surface area contributed by atoms with Gasteiger partial charge in [0.25, 0.3) is 0 Å². The second-order valence-electron chi connectivity index (χ2n) is 5.78. The van der Waals surface area contributed by atoms with Gasteiger partial charge in [0.1, 0.15) is 5.82 Å². The van der Waals surface area contributed by atoms with Crippen LogP contribution in [0.2, 0.25) is 0 Å². The van der Waals surface area contributed by atoms with Crippen LogP contribution in [0.4, 0.5) is 5.82 Å². The van der Waals surface area contributed by atoms with E-state index in [4.69, 9.17) is 4.74 Å². The SMILES string of the molecule is CCCNC(C)c1ccnc(N2CC(C)OC(CO)C2)c1. The zero-order chi connectivity index (χ0) is 15.2.